The molecule has 0 nitrogen and oxygen atoms in total. The summed E-state index contributed by atoms with van der Waals surface area (Å²) in [6.07, 6.45) is 0. The molecule has 48 valence electrons. The molecule has 1 heterocycles. The topological polar surface area (TPSA) is 0 Å². The van der Waals surface area contributed by atoms with Gasteiger partial charge in [-0.25, -0.2) is 0 Å². The zero-order chi connectivity index (χ0) is 5.66. The Balaban J connectivity index is 2.00. The van der Waals surface area contributed by atoms with Crippen molar-refractivity contribution in [1.82, 2.24) is 0 Å². The van der Waals surface area contributed by atoms with Gasteiger partial charge in [0.05, 0.1) is 0 Å². The third-order valence-electron chi connectivity index (χ3n) is 0.222. The summed E-state index contributed by atoms with van der Waals surface area (Å²) in [5.41, 5.74) is 0. The Bertz CT molecular complexity index is 31.6. The van der Waals surface area contributed by atoms with E-state index < -0.39 is 0 Å². The fraction of sp³-hybridized carbons (Fsp3) is 0. The van der Waals surface area contributed by atoms with Gasteiger partial charge in [-0.3, -0.25) is 0 Å². The van der Waals surface area contributed by atoms with Crippen molar-refractivity contribution >= 4 is 86.4 Å². The van der Waals surface area contributed by atoms with E-state index in [0.717, 1.165) is 59.3 Å². The Morgan fingerprint density at radius 3 is 2.62 bits per heavy atom. The van der Waals surface area contributed by atoms with Crippen LogP contribution >= 0.6 is 27.0 Å². The normalized spacial score (nSPS) is 24.0. The van der Waals surface area contributed by atoms with Gasteiger partial charge in [0.25, 0.3) is 0 Å². The molecular formula is S3Se5. The van der Waals surface area contributed by atoms with Crippen LogP contribution in [0.5, 0.6) is 0 Å². The summed E-state index contributed by atoms with van der Waals surface area (Å²) in [7, 11) is 6.64. The maximum absolute atomic E-state index is 2.29. The Hall–Kier alpha value is 3.65. The number of rotatable bonds is 0. The van der Waals surface area contributed by atoms with Gasteiger partial charge in [0, 0.05) is 0 Å². The average Bonchev–Trinajstić information content (AvgIpc) is 1.62. The molecule has 0 atom stereocenters. The fourth-order valence-electron chi connectivity index (χ4n) is 0.0907. The summed E-state index contributed by atoms with van der Waals surface area (Å²) < 4.78 is 0. The van der Waals surface area contributed by atoms with Gasteiger partial charge < -0.3 is 0 Å². The van der Waals surface area contributed by atoms with Crippen molar-refractivity contribution < 1.29 is 0 Å². The molecule has 1 aliphatic heterocycles. The molecule has 0 saturated carbocycles. The van der Waals surface area contributed by atoms with Gasteiger partial charge in [-0.2, -0.15) is 0 Å². The third kappa shape index (κ3) is 5.32. The Morgan fingerprint density at radius 1 is 0.750 bits per heavy atom. The second kappa shape index (κ2) is 7.30. The zero-order valence-corrected chi connectivity index (χ0v) is 14.3. The van der Waals surface area contributed by atoms with Crippen LogP contribution in [0.25, 0.3) is 0 Å². The van der Waals surface area contributed by atoms with E-state index in [9.17, 15) is 0 Å². The van der Waals surface area contributed by atoms with Gasteiger partial charge in [-0.1, -0.05) is 0 Å². The summed E-state index contributed by atoms with van der Waals surface area (Å²) in [6.45, 7) is 0. The molecule has 0 bridgehead atoms. The van der Waals surface area contributed by atoms with E-state index in [1.807, 2.05) is 0 Å². The van der Waals surface area contributed by atoms with Crippen molar-refractivity contribution in [3.05, 3.63) is 0 Å². The Kier molecular flexibility index (Phi) is 8.89. The van der Waals surface area contributed by atoms with Crippen molar-refractivity contribution in [3.63, 3.8) is 0 Å². The van der Waals surface area contributed by atoms with Crippen LogP contribution in [0.2, 0.25) is 0 Å². The predicted octanol–water partition coefficient (Wildman–Crippen LogP) is 0.0406. The molecule has 1 fully saturated rings. The summed E-state index contributed by atoms with van der Waals surface area (Å²) >= 11 is 5.11. The van der Waals surface area contributed by atoms with Gasteiger partial charge >= 0.3 is 86.4 Å². The van der Waals surface area contributed by atoms with Crippen molar-refractivity contribution in [3.8, 4) is 0 Å². The van der Waals surface area contributed by atoms with Gasteiger partial charge in [0.15, 0.2) is 0 Å². The molecule has 0 spiro atoms. The van der Waals surface area contributed by atoms with Crippen LogP contribution in [0.1, 0.15) is 0 Å². The Labute approximate surface area is 84.5 Å². The van der Waals surface area contributed by atoms with Crippen LogP contribution in [-0.4, -0.2) is 59.3 Å². The third-order valence-corrected chi connectivity index (χ3v) is 73.8. The first-order valence-electron chi connectivity index (χ1n) is 1.33. The molecular weight excluding hydrogens is 491 g/mol. The van der Waals surface area contributed by atoms with Crippen LogP contribution in [0, 0.1) is 0 Å². The molecule has 0 aliphatic carbocycles. The molecule has 0 aromatic rings. The summed E-state index contributed by atoms with van der Waals surface area (Å²) in [5, 5.41) is 0. The van der Waals surface area contributed by atoms with E-state index in [-0.39, 0.29) is 0 Å². The minimum atomic E-state index is 0.975. The van der Waals surface area contributed by atoms with Crippen molar-refractivity contribution in [2.75, 3.05) is 0 Å². The monoisotopic (exact) mass is 495 g/mol. The molecule has 0 unspecified atom stereocenters. The van der Waals surface area contributed by atoms with Crippen LogP contribution < -0.4 is 0 Å². The number of hydrogen-bond acceptors (Lipinski definition) is 3. The summed E-state index contributed by atoms with van der Waals surface area (Å²) in [4.78, 5) is 0. The van der Waals surface area contributed by atoms with Crippen molar-refractivity contribution in [1.29, 1.82) is 0 Å². The zero-order valence-electron chi connectivity index (χ0n) is 3.27. The molecule has 0 radical (unpaired) electrons. The van der Waals surface area contributed by atoms with E-state index in [2.05, 4.69) is 27.0 Å². The van der Waals surface area contributed by atoms with E-state index >= 15 is 0 Å². The van der Waals surface area contributed by atoms with E-state index in [1.165, 1.54) is 0 Å². The van der Waals surface area contributed by atoms with E-state index in [0.29, 0.717) is 0 Å². The molecule has 8 heavy (non-hydrogen) atoms. The Morgan fingerprint density at radius 2 is 1.62 bits per heavy atom. The molecule has 1 aliphatic rings. The maximum atomic E-state index is 2.29. The molecule has 1 saturated heterocycles. The fourth-order valence-corrected chi connectivity index (χ4v) is 129. The van der Waals surface area contributed by atoms with E-state index in [1.54, 1.807) is 0 Å². The summed E-state index contributed by atoms with van der Waals surface area (Å²) in [5.74, 6) is 0. The van der Waals surface area contributed by atoms with Gasteiger partial charge in [0.2, 0.25) is 0 Å². The van der Waals surface area contributed by atoms with Gasteiger partial charge in [0.1, 0.15) is 0 Å². The second-order valence-electron chi connectivity index (χ2n) is 0.544. The first kappa shape index (κ1) is 9.73. The predicted molar refractivity (Wildman–Crippen MR) is 51.5 cm³/mol. The summed E-state index contributed by atoms with van der Waals surface area (Å²) in [6, 6.07) is 0. The SMILES string of the molecule is S1S[Se][Se][Se]S[Se][Se]1. The molecule has 0 aromatic heterocycles. The first-order valence-corrected chi connectivity index (χ1v) is 25.4. The minimum absolute atomic E-state index is 0.975. The molecule has 8 heteroatoms. The van der Waals surface area contributed by atoms with Gasteiger partial charge in [-0.05, 0) is 0 Å². The standard InChI is InChI=1S/S3Se5/c1-2-5-8-7-3-6-4-1. The molecule has 0 aromatic carbocycles. The van der Waals surface area contributed by atoms with Crippen LogP contribution in [0.3, 0.4) is 0 Å². The van der Waals surface area contributed by atoms with Crippen molar-refractivity contribution in [2.45, 2.75) is 0 Å². The van der Waals surface area contributed by atoms with Crippen LogP contribution in [0.15, 0.2) is 0 Å². The second-order valence-corrected chi connectivity index (χ2v) is 43.5. The van der Waals surface area contributed by atoms with E-state index in [4.69, 9.17) is 0 Å². The average molecular weight is 491 g/mol. The molecule has 1 rings (SSSR count). The van der Waals surface area contributed by atoms with Gasteiger partial charge in [-0.15, -0.1) is 0 Å². The molecule has 0 amide bonds. The first-order chi connectivity index (χ1) is 4.00. The van der Waals surface area contributed by atoms with Crippen molar-refractivity contribution in [2.24, 2.45) is 0 Å². The molecule has 0 N–H and O–H groups in total. The quantitative estimate of drug-likeness (QED) is 0.348. The number of hydrogen-bond donors (Lipinski definition) is 0. The van der Waals surface area contributed by atoms with Crippen LogP contribution in [-0.2, 0) is 0 Å². The van der Waals surface area contributed by atoms with Crippen LogP contribution in [0.4, 0.5) is 0 Å².